The molecule has 0 amide bonds. The standard InChI is InChI=1S/C13H19ClN2/c1-10-6-7-16(13(10)8-14)9-12-5-3-4-11(2)15-12/h3-5,10,13H,6-9H2,1-2H3. The van der Waals surface area contributed by atoms with E-state index in [0.717, 1.165) is 30.4 Å². The SMILES string of the molecule is Cc1cccc(CN2CCC(C)C2CCl)n1. The van der Waals surface area contributed by atoms with Gasteiger partial charge in [0, 0.05) is 24.2 Å². The van der Waals surface area contributed by atoms with Gasteiger partial charge in [-0.05, 0) is 37.9 Å². The summed E-state index contributed by atoms with van der Waals surface area (Å²) in [6, 6.07) is 6.73. The molecule has 0 saturated carbocycles. The number of nitrogens with zero attached hydrogens (tertiary/aromatic N) is 2. The van der Waals surface area contributed by atoms with Crippen molar-refractivity contribution in [3.8, 4) is 0 Å². The average Bonchev–Trinajstić information content (AvgIpc) is 2.59. The monoisotopic (exact) mass is 238 g/mol. The fourth-order valence-corrected chi connectivity index (χ4v) is 2.93. The lowest BCUT2D eigenvalue weighted by Crippen LogP contribution is -2.33. The maximum atomic E-state index is 6.03. The highest BCUT2D eigenvalue weighted by Crippen LogP contribution is 2.26. The molecule has 0 aliphatic carbocycles. The van der Waals surface area contributed by atoms with Gasteiger partial charge in [-0.15, -0.1) is 11.6 Å². The molecule has 0 bridgehead atoms. The van der Waals surface area contributed by atoms with Crippen molar-refractivity contribution in [2.75, 3.05) is 12.4 Å². The van der Waals surface area contributed by atoms with Gasteiger partial charge in [0.25, 0.3) is 0 Å². The summed E-state index contributed by atoms with van der Waals surface area (Å²) < 4.78 is 0. The Kier molecular flexibility index (Phi) is 3.82. The van der Waals surface area contributed by atoms with Crippen LogP contribution in [0.4, 0.5) is 0 Å². The predicted molar refractivity (Wildman–Crippen MR) is 67.7 cm³/mol. The minimum absolute atomic E-state index is 0.518. The Morgan fingerprint density at radius 2 is 2.31 bits per heavy atom. The van der Waals surface area contributed by atoms with Gasteiger partial charge in [-0.3, -0.25) is 9.88 Å². The van der Waals surface area contributed by atoms with Crippen LogP contribution in [0.15, 0.2) is 18.2 Å². The maximum Gasteiger partial charge on any atom is 0.0547 e. The summed E-state index contributed by atoms with van der Waals surface area (Å²) in [6.07, 6.45) is 1.25. The number of pyridine rings is 1. The Morgan fingerprint density at radius 3 is 3.00 bits per heavy atom. The first-order valence-corrected chi connectivity index (χ1v) is 6.46. The van der Waals surface area contributed by atoms with Crippen LogP contribution in [0.5, 0.6) is 0 Å². The molecule has 0 N–H and O–H groups in total. The van der Waals surface area contributed by atoms with Crippen LogP contribution in [0.3, 0.4) is 0 Å². The normalized spacial score (nSPS) is 26.2. The van der Waals surface area contributed by atoms with Gasteiger partial charge in [0.2, 0.25) is 0 Å². The van der Waals surface area contributed by atoms with E-state index >= 15 is 0 Å². The lowest BCUT2D eigenvalue weighted by molar-refractivity contribution is 0.239. The average molecular weight is 239 g/mol. The molecule has 16 heavy (non-hydrogen) atoms. The van der Waals surface area contributed by atoms with Crippen molar-refractivity contribution in [1.29, 1.82) is 0 Å². The van der Waals surface area contributed by atoms with Crippen molar-refractivity contribution in [3.05, 3.63) is 29.6 Å². The van der Waals surface area contributed by atoms with Crippen LogP contribution in [-0.2, 0) is 6.54 Å². The molecule has 2 nitrogen and oxygen atoms in total. The van der Waals surface area contributed by atoms with Gasteiger partial charge in [0.15, 0.2) is 0 Å². The fraction of sp³-hybridized carbons (Fsp3) is 0.615. The molecule has 2 rings (SSSR count). The summed E-state index contributed by atoms with van der Waals surface area (Å²) in [5.41, 5.74) is 2.25. The highest BCUT2D eigenvalue weighted by Gasteiger charge is 2.30. The molecule has 0 spiro atoms. The second-order valence-electron chi connectivity index (χ2n) is 4.73. The molecule has 0 aromatic carbocycles. The third kappa shape index (κ3) is 2.55. The molecule has 1 aromatic heterocycles. The lowest BCUT2D eigenvalue weighted by Gasteiger charge is -2.24. The zero-order chi connectivity index (χ0) is 11.5. The van der Waals surface area contributed by atoms with E-state index in [4.69, 9.17) is 11.6 Å². The van der Waals surface area contributed by atoms with Crippen LogP contribution < -0.4 is 0 Å². The maximum absolute atomic E-state index is 6.03. The largest absolute Gasteiger partial charge is 0.293 e. The van der Waals surface area contributed by atoms with Gasteiger partial charge >= 0.3 is 0 Å². The van der Waals surface area contributed by atoms with E-state index in [9.17, 15) is 0 Å². The molecule has 1 aromatic rings. The van der Waals surface area contributed by atoms with Crippen molar-refractivity contribution in [2.45, 2.75) is 32.9 Å². The fourth-order valence-electron chi connectivity index (χ4n) is 2.43. The van der Waals surface area contributed by atoms with Gasteiger partial charge in [0.1, 0.15) is 0 Å². The first-order chi connectivity index (χ1) is 7.70. The van der Waals surface area contributed by atoms with Gasteiger partial charge < -0.3 is 0 Å². The van der Waals surface area contributed by atoms with E-state index in [1.165, 1.54) is 6.42 Å². The summed E-state index contributed by atoms with van der Waals surface area (Å²) in [4.78, 5) is 7.00. The Hall–Kier alpha value is -0.600. The van der Waals surface area contributed by atoms with Gasteiger partial charge in [-0.25, -0.2) is 0 Å². The number of aromatic nitrogens is 1. The van der Waals surface area contributed by atoms with Crippen LogP contribution in [0.25, 0.3) is 0 Å². The molecule has 0 radical (unpaired) electrons. The second-order valence-corrected chi connectivity index (χ2v) is 5.04. The van der Waals surface area contributed by atoms with Crippen LogP contribution in [-0.4, -0.2) is 28.4 Å². The first-order valence-electron chi connectivity index (χ1n) is 5.93. The second kappa shape index (κ2) is 5.15. The van der Waals surface area contributed by atoms with Crippen molar-refractivity contribution >= 4 is 11.6 Å². The van der Waals surface area contributed by atoms with Crippen molar-refractivity contribution in [1.82, 2.24) is 9.88 Å². The summed E-state index contributed by atoms with van der Waals surface area (Å²) in [7, 11) is 0. The zero-order valence-corrected chi connectivity index (χ0v) is 10.7. The van der Waals surface area contributed by atoms with Crippen molar-refractivity contribution in [2.24, 2.45) is 5.92 Å². The molecule has 88 valence electrons. The minimum Gasteiger partial charge on any atom is -0.293 e. The molecule has 3 heteroatoms. The van der Waals surface area contributed by atoms with E-state index in [1.54, 1.807) is 0 Å². The molecule has 1 fully saturated rings. The molecule has 1 aliphatic rings. The Bertz CT molecular complexity index is 354. The molecule has 2 atom stereocenters. The Labute approximate surface area is 103 Å². The third-order valence-electron chi connectivity index (χ3n) is 3.47. The summed E-state index contributed by atoms with van der Waals surface area (Å²) >= 11 is 6.03. The Morgan fingerprint density at radius 1 is 1.50 bits per heavy atom. The number of likely N-dealkylation sites (tertiary alicyclic amines) is 1. The highest BCUT2D eigenvalue weighted by atomic mass is 35.5. The van der Waals surface area contributed by atoms with Crippen molar-refractivity contribution < 1.29 is 0 Å². The van der Waals surface area contributed by atoms with Crippen LogP contribution >= 0.6 is 11.6 Å². The molecule has 1 aliphatic heterocycles. The molecular weight excluding hydrogens is 220 g/mol. The van der Waals surface area contributed by atoms with Crippen LogP contribution in [0.2, 0.25) is 0 Å². The van der Waals surface area contributed by atoms with Gasteiger partial charge in [-0.1, -0.05) is 13.0 Å². The van der Waals surface area contributed by atoms with Crippen LogP contribution in [0.1, 0.15) is 24.7 Å². The van der Waals surface area contributed by atoms with E-state index in [1.807, 2.05) is 13.0 Å². The number of halogens is 1. The van der Waals surface area contributed by atoms with Gasteiger partial charge in [0.05, 0.1) is 5.69 Å². The van der Waals surface area contributed by atoms with Crippen LogP contribution in [0, 0.1) is 12.8 Å². The van der Waals surface area contributed by atoms with Gasteiger partial charge in [-0.2, -0.15) is 0 Å². The van der Waals surface area contributed by atoms with E-state index in [2.05, 4.69) is 28.9 Å². The number of hydrogen-bond acceptors (Lipinski definition) is 2. The summed E-state index contributed by atoms with van der Waals surface area (Å²) in [5, 5.41) is 0. The van der Waals surface area contributed by atoms with E-state index in [-0.39, 0.29) is 0 Å². The zero-order valence-electron chi connectivity index (χ0n) is 9.99. The summed E-state index contributed by atoms with van der Waals surface area (Å²) in [6.45, 7) is 6.41. The number of aryl methyl sites for hydroxylation is 1. The minimum atomic E-state index is 0.518. The number of hydrogen-bond donors (Lipinski definition) is 0. The van der Waals surface area contributed by atoms with E-state index in [0.29, 0.717) is 12.0 Å². The third-order valence-corrected chi connectivity index (χ3v) is 3.78. The number of rotatable bonds is 3. The summed E-state index contributed by atoms with van der Waals surface area (Å²) in [5.74, 6) is 1.44. The van der Waals surface area contributed by atoms with E-state index < -0.39 is 0 Å². The molecule has 1 saturated heterocycles. The number of alkyl halides is 1. The molecule has 2 heterocycles. The Balaban J connectivity index is 2.04. The highest BCUT2D eigenvalue weighted by molar-refractivity contribution is 6.18. The predicted octanol–water partition coefficient (Wildman–Crippen LogP) is 2.84. The quantitative estimate of drug-likeness (QED) is 0.753. The first kappa shape index (κ1) is 11.9. The topological polar surface area (TPSA) is 16.1 Å². The van der Waals surface area contributed by atoms with Crippen molar-refractivity contribution in [3.63, 3.8) is 0 Å². The molecule has 2 unspecified atom stereocenters. The smallest absolute Gasteiger partial charge is 0.0547 e. The lowest BCUT2D eigenvalue weighted by atomic mass is 10.1. The molecular formula is C13H19ClN2.